The molecule has 1 saturated carbocycles. The second-order valence-electron chi connectivity index (χ2n) is 7.09. The van der Waals surface area contributed by atoms with Crippen molar-refractivity contribution >= 4 is 11.6 Å². The van der Waals surface area contributed by atoms with Gasteiger partial charge < -0.3 is 29.7 Å². The summed E-state index contributed by atoms with van der Waals surface area (Å²) in [4.78, 5) is 14.6. The van der Waals surface area contributed by atoms with E-state index in [9.17, 15) is 24.5 Å². The van der Waals surface area contributed by atoms with E-state index in [2.05, 4.69) is 0 Å². The Morgan fingerprint density at radius 2 is 2.11 bits per heavy atom. The summed E-state index contributed by atoms with van der Waals surface area (Å²) in [5, 5.41) is 38.7. The summed E-state index contributed by atoms with van der Waals surface area (Å²) in [6.07, 6.45) is -3.63. The molecular weight excluding hydrogens is 371 g/mol. The van der Waals surface area contributed by atoms with Gasteiger partial charge in [-0.2, -0.15) is 5.26 Å². The second kappa shape index (κ2) is 8.51. The van der Waals surface area contributed by atoms with Crippen molar-refractivity contribution in [3.63, 3.8) is 0 Å². The highest BCUT2D eigenvalue weighted by molar-refractivity contribution is 5.98. The summed E-state index contributed by atoms with van der Waals surface area (Å²) in [5.74, 6) is -1.27. The molecule has 2 fully saturated rings. The molecule has 9 heteroatoms. The zero-order valence-corrected chi connectivity index (χ0v) is 15.4. The minimum Gasteiger partial charge on any atom is -0.394 e. The fourth-order valence-corrected chi connectivity index (χ4v) is 3.64. The lowest BCUT2D eigenvalue weighted by atomic mass is 9.86. The highest BCUT2D eigenvalue weighted by atomic mass is 19.1. The molecule has 28 heavy (non-hydrogen) atoms. The zero-order chi connectivity index (χ0) is 20.4. The van der Waals surface area contributed by atoms with Crippen molar-refractivity contribution in [2.45, 2.75) is 55.8 Å². The number of halogens is 1. The third-order valence-corrected chi connectivity index (χ3v) is 5.35. The van der Waals surface area contributed by atoms with E-state index in [4.69, 9.17) is 14.7 Å². The molecule has 1 saturated heterocycles. The molecule has 4 unspecified atom stereocenters. The number of anilines is 1. The standard InChI is InChI=1S/C19H23FN2O6/c1-27-16-7-15(25)17(9-23)28-18(16)19(26)22(13-2-3-14(13)24)12-5-10(8-21)4-11(20)6-12/h4-6,13-18,23-25H,2-3,7,9H2,1H3/t13-,14-,15?,16?,17?,18?/m0/s1. The predicted octanol–water partition coefficient (Wildman–Crippen LogP) is 0.0794. The van der Waals surface area contributed by atoms with E-state index >= 15 is 0 Å². The number of hydrogen-bond acceptors (Lipinski definition) is 7. The van der Waals surface area contributed by atoms with Gasteiger partial charge in [0.25, 0.3) is 5.91 Å². The van der Waals surface area contributed by atoms with Gasteiger partial charge in [-0.05, 0) is 31.0 Å². The second-order valence-corrected chi connectivity index (χ2v) is 7.09. The normalized spacial score (nSPS) is 32.3. The number of nitrogens with zero attached hydrogens (tertiary/aromatic N) is 2. The summed E-state index contributed by atoms with van der Waals surface area (Å²) >= 11 is 0. The molecule has 0 spiro atoms. The van der Waals surface area contributed by atoms with Crippen LogP contribution in [-0.2, 0) is 14.3 Å². The number of benzene rings is 1. The third kappa shape index (κ3) is 3.87. The van der Waals surface area contributed by atoms with Crippen LogP contribution < -0.4 is 4.90 Å². The van der Waals surface area contributed by atoms with Gasteiger partial charge in [-0.3, -0.25) is 4.79 Å². The summed E-state index contributed by atoms with van der Waals surface area (Å²) in [5.41, 5.74) is 0.175. The summed E-state index contributed by atoms with van der Waals surface area (Å²) < 4.78 is 24.9. The van der Waals surface area contributed by atoms with Gasteiger partial charge in [0.2, 0.25) is 0 Å². The van der Waals surface area contributed by atoms with Crippen LogP contribution in [-0.4, -0.2) is 71.5 Å². The summed E-state index contributed by atoms with van der Waals surface area (Å²) in [7, 11) is 1.37. The van der Waals surface area contributed by atoms with Crippen molar-refractivity contribution in [2.24, 2.45) is 0 Å². The monoisotopic (exact) mass is 394 g/mol. The number of rotatable bonds is 5. The first-order valence-corrected chi connectivity index (χ1v) is 9.08. The van der Waals surface area contributed by atoms with Crippen LogP contribution >= 0.6 is 0 Å². The summed E-state index contributed by atoms with van der Waals surface area (Å²) in [6, 6.07) is 4.79. The largest absolute Gasteiger partial charge is 0.394 e. The predicted molar refractivity (Wildman–Crippen MR) is 94.8 cm³/mol. The van der Waals surface area contributed by atoms with E-state index in [0.717, 1.165) is 12.1 Å². The summed E-state index contributed by atoms with van der Waals surface area (Å²) in [6.45, 7) is -0.480. The Labute approximate surface area is 161 Å². The first-order valence-electron chi connectivity index (χ1n) is 9.08. The fourth-order valence-electron chi connectivity index (χ4n) is 3.64. The Bertz CT molecular complexity index is 769. The Hall–Kier alpha value is -2.09. The molecule has 1 aliphatic carbocycles. The number of aliphatic hydroxyl groups excluding tert-OH is 3. The molecule has 1 aromatic rings. The number of methoxy groups -OCH3 is 1. The van der Waals surface area contributed by atoms with E-state index in [-0.39, 0.29) is 17.7 Å². The van der Waals surface area contributed by atoms with Crippen molar-refractivity contribution in [3.05, 3.63) is 29.6 Å². The molecule has 152 valence electrons. The van der Waals surface area contributed by atoms with Crippen LogP contribution in [0.4, 0.5) is 10.1 Å². The topological polar surface area (TPSA) is 123 Å². The van der Waals surface area contributed by atoms with Crippen molar-refractivity contribution in [2.75, 3.05) is 18.6 Å². The number of carbonyl (C=O) groups is 1. The van der Waals surface area contributed by atoms with E-state index in [1.807, 2.05) is 6.07 Å². The maximum absolute atomic E-state index is 14.0. The number of ether oxygens (including phenoxy) is 2. The number of amides is 1. The van der Waals surface area contributed by atoms with E-state index < -0.39 is 54.9 Å². The van der Waals surface area contributed by atoms with Gasteiger partial charge in [0, 0.05) is 19.2 Å². The number of hydrogen-bond donors (Lipinski definition) is 3. The SMILES string of the molecule is COC1CC(O)C(CO)OC1C(=O)N(c1cc(F)cc(C#N)c1)[C@H]1CC[C@@H]1O. The van der Waals surface area contributed by atoms with E-state index in [1.54, 1.807) is 0 Å². The molecule has 1 aliphatic heterocycles. The smallest absolute Gasteiger partial charge is 0.259 e. The van der Waals surface area contributed by atoms with Crippen LogP contribution in [0.15, 0.2) is 18.2 Å². The van der Waals surface area contributed by atoms with Gasteiger partial charge in [-0.15, -0.1) is 0 Å². The lowest BCUT2D eigenvalue weighted by Crippen LogP contribution is -2.61. The van der Waals surface area contributed by atoms with Gasteiger partial charge in [-0.1, -0.05) is 0 Å². The van der Waals surface area contributed by atoms with Crippen molar-refractivity contribution in [1.29, 1.82) is 5.26 Å². The van der Waals surface area contributed by atoms with Gasteiger partial charge in [-0.25, -0.2) is 4.39 Å². The average Bonchev–Trinajstić information content (AvgIpc) is 2.69. The quantitative estimate of drug-likeness (QED) is 0.646. The van der Waals surface area contributed by atoms with Crippen molar-refractivity contribution in [3.8, 4) is 6.07 Å². The van der Waals surface area contributed by atoms with Gasteiger partial charge in [0.05, 0.1) is 42.6 Å². The van der Waals surface area contributed by atoms with Gasteiger partial charge >= 0.3 is 0 Å². The average molecular weight is 394 g/mol. The maximum atomic E-state index is 14.0. The number of carbonyl (C=O) groups excluding carboxylic acids is 1. The van der Waals surface area contributed by atoms with Gasteiger partial charge in [0.1, 0.15) is 11.9 Å². The first kappa shape index (κ1) is 20.6. The molecule has 0 radical (unpaired) electrons. The van der Waals surface area contributed by atoms with Crippen molar-refractivity contribution in [1.82, 2.24) is 0 Å². The molecule has 2 aliphatic rings. The minimum absolute atomic E-state index is 0.0399. The van der Waals surface area contributed by atoms with Crippen LogP contribution in [0.1, 0.15) is 24.8 Å². The van der Waals surface area contributed by atoms with Gasteiger partial charge in [0.15, 0.2) is 6.10 Å². The number of nitriles is 1. The minimum atomic E-state index is -1.16. The molecule has 0 aromatic heterocycles. The third-order valence-electron chi connectivity index (χ3n) is 5.35. The lowest BCUT2D eigenvalue weighted by Gasteiger charge is -2.45. The molecule has 6 atom stereocenters. The lowest BCUT2D eigenvalue weighted by molar-refractivity contribution is -0.191. The molecule has 3 N–H and O–H groups in total. The number of aliphatic hydroxyl groups is 3. The van der Waals surface area contributed by atoms with Crippen molar-refractivity contribution < 1.29 is 34.0 Å². The molecule has 1 aromatic carbocycles. The first-order chi connectivity index (χ1) is 13.4. The van der Waals surface area contributed by atoms with Crippen LogP contribution in [0.5, 0.6) is 0 Å². The molecule has 1 amide bonds. The highest BCUT2D eigenvalue weighted by Crippen LogP contribution is 2.34. The molecular formula is C19H23FN2O6. The van der Waals surface area contributed by atoms with E-state index in [1.165, 1.54) is 18.1 Å². The molecule has 3 rings (SSSR count). The Balaban J connectivity index is 1.97. The Morgan fingerprint density at radius 1 is 1.36 bits per heavy atom. The zero-order valence-electron chi connectivity index (χ0n) is 15.4. The van der Waals surface area contributed by atoms with E-state index in [0.29, 0.717) is 12.8 Å². The maximum Gasteiger partial charge on any atom is 0.259 e. The van der Waals surface area contributed by atoms with Crippen LogP contribution in [0.25, 0.3) is 0 Å². The highest BCUT2D eigenvalue weighted by Gasteiger charge is 2.46. The molecule has 8 nitrogen and oxygen atoms in total. The van der Waals surface area contributed by atoms with Crippen LogP contribution in [0.3, 0.4) is 0 Å². The fraction of sp³-hybridized carbons (Fsp3) is 0.579. The Kier molecular flexibility index (Phi) is 6.27. The molecule has 0 bridgehead atoms. The Morgan fingerprint density at radius 3 is 2.64 bits per heavy atom. The van der Waals surface area contributed by atoms with Crippen LogP contribution in [0.2, 0.25) is 0 Å². The van der Waals surface area contributed by atoms with Crippen LogP contribution in [0, 0.1) is 17.1 Å². The molecule has 1 heterocycles.